The van der Waals surface area contributed by atoms with Crippen LogP contribution in [0.1, 0.15) is 12.0 Å². The van der Waals surface area contributed by atoms with Gasteiger partial charge in [-0.05, 0) is 24.3 Å². The van der Waals surface area contributed by atoms with Crippen LogP contribution in [0.5, 0.6) is 11.5 Å². The second-order valence-corrected chi connectivity index (χ2v) is 5.94. The lowest BCUT2D eigenvalue weighted by molar-refractivity contribution is -0.131. The molecule has 0 radical (unpaired) electrons. The highest BCUT2D eigenvalue weighted by Crippen LogP contribution is 2.37. The number of carbonyl (C=O) groups excluding carboxylic acids is 1. The Kier molecular flexibility index (Phi) is 4.71. The fraction of sp³-hybridized carbons (Fsp3) is 0.222. The Bertz CT molecular complexity index is 775. The molecule has 5 nitrogen and oxygen atoms in total. The molecule has 1 aliphatic rings. The zero-order valence-corrected chi connectivity index (χ0v) is 13.8. The number of aromatic nitrogens is 1. The first-order valence-electron chi connectivity index (χ1n) is 7.58. The topological polar surface area (TPSA) is 62.7 Å². The van der Waals surface area contributed by atoms with Crippen molar-refractivity contribution < 1.29 is 14.6 Å². The van der Waals surface area contributed by atoms with Crippen molar-refractivity contribution in [3.8, 4) is 22.8 Å². The molecule has 124 valence electrons. The molecule has 0 atom stereocenters. The Morgan fingerprint density at radius 1 is 1.46 bits per heavy atom. The summed E-state index contributed by atoms with van der Waals surface area (Å²) >= 11 is 5.87. The predicted molar refractivity (Wildman–Crippen MR) is 92.1 cm³/mol. The fourth-order valence-electron chi connectivity index (χ4n) is 2.66. The molecule has 1 aromatic heterocycles. The van der Waals surface area contributed by atoms with Crippen LogP contribution in [0, 0.1) is 0 Å². The van der Waals surface area contributed by atoms with Gasteiger partial charge in [0.05, 0.1) is 17.3 Å². The normalized spacial score (nSPS) is 13.6. The highest BCUT2D eigenvalue weighted by Gasteiger charge is 2.22. The minimum Gasteiger partial charge on any atom is -0.504 e. The van der Waals surface area contributed by atoms with Crippen LogP contribution in [0.25, 0.3) is 11.3 Å². The van der Waals surface area contributed by atoms with Gasteiger partial charge in [0.2, 0.25) is 5.91 Å². The molecular weight excluding hydrogens is 328 g/mol. The Balaban J connectivity index is 1.97. The largest absolute Gasteiger partial charge is 0.504 e. The van der Waals surface area contributed by atoms with Gasteiger partial charge in [0.15, 0.2) is 11.5 Å². The lowest BCUT2D eigenvalue weighted by Crippen LogP contribution is -2.31. The van der Waals surface area contributed by atoms with Crippen molar-refractivity contribution in [2.75, 3.05) is 13.2 Å². The molecule has 0 unspecified atom stereocenters. The lowest BCUT2D eigenvalue weighted by Gasteiger charge is -2.19. The summed E-state index contributed by atoms with van der Waals surface area (Å²) < 4.78 is 5.64. The quantitative estimate of drug-likeness (QED) is 0.867. The first kappa shape index (κ1) is 16.3. The SMILES string of the molecule is C=CCC(=O)N1CCOc2c(O)cc(-c3ccc(Cl)cn3)cc2C1. The van der Waals surface area contributed by atoms with Gasteiger partial charge in [-0.25, -0.2) is 0 Å². The van der Waals surface area contributed by atoms with Crippen molar-refractivity contribution in [2.24, 2.45) is 0 Å². The lowest BCUT2D eigenvalue weighted by atomic mass is 10.0. The average Bonchev–Trinajstić information content (AvgIpc) is 2.78. The van der Waals surface area contributed by atoms with Crippen LogP contribution < -0.4 is 4.74 Å². The number of phenols is 1. The molecule has 0 fully saturated rings. The van der Waals surface area contributed by atoms with Gasteiger partial charge in [0.25, 0.3) is 0 Å². The summed E-state index contributed by atoms with van der Waals surface area (Å²) in [5, 5.41) is 10.9. The third kappa shape index (κ3) is 3.36. The predicted octanol–water partition coefficient (Wildman–Crippen LogP) is 3.40. The number of hydrogen-bond acceptors (Lipinski definition) is 4. The van der Waals surface area contributed by atoms with E-state index in [1.807, 2.05) is 6.07 Å². The summed E-state index contributed by atoms with van der Waals surface area (Å²) in [6, 6.07) is 7.01. The molecule has 0 saturated carbocycles. The zero-order chi connectivity index (χ0) is 17.1. The molecule has 0 bridgehead atoms. The summed E-state index contributed by atoms with van der Waals surface area (Å²) in [4.78, 5) is 18.1. The second-order valence-electron chi connectivity index (χ2n) is 5.50. The van der Waals surface area contributed by atoms with Crippen LogP contribution in [-0.2, 0) is 11.3 Å². The van der Waals surface area contributed by atoms with Crippen LogP contribution in [0.3, 0.4) is 0 Å². The summed E-state index contributed by atoms with van der Waals surface area (Å²) in [7, 11) is 0. The highest BCUT2D eigenvalue weighted by atomic mass is 35.5. The minimum atomic E-state index is -0.0176. The monoisotopic (exact) mass is 344 g/mol. The molecule has 2 aromatic rings. The molecule has 1 N–H and O–H groups in total. The van der Waals surface area contributed by atoms with E-state index < -0.39 is 0 Å². The number of fused-ring (bicyclic) bond motifs is 1. The first-order valence-corrected chi connectivity index (χ1v) is 7.95. The average molecular weight is 345 g/mol. The molecule has 3 rings (SSSR count). The molecule has 1 aromatic carbocycles. The van der Waals surface area contributed by atoms with Crippen molar-refractivity contribution in [3.05, 3.63) is 53.7 Å². The Labute approximate surface area is 145 Å². The number of ether oxygens (including phenoxy) is 1. The number of amides is 1. The van der Waals surface area contributed by atoms with Gasteiger partial charge in [-0.1, -0.05) is 17.7 Å². The smallest absolute Gasteiger partial charge is 0.226 e. The van der Waals surface area contributed by atoms with E-state index in [-0.39, 0.29) is 18.1 Å². The van der Waals surface area contributed by atoms with E-state index in [1.54, 1.807) is 35.4 Å². The number of carbonyl (C=O) groups is 1. The number of pyridine rings is 1. The van der Waals surface area contributed by atoms with Gasteiger partial charge < -0.3 is 14.7 Å². The standard InChI is InChI=1S/C18H17ClN2O3/c1-2-3-17(23)21-6-7-24-18-13(11-21)8-12(9-16(18)22)15-5-4-14(19)10-20-15/h2,4-5,8-10,22H,1,3,6-7,11H2. The maximum atomic E-state index is 12.1. The van der Waals surface area contributed by atoms with Gasteiger partial charge in [-0.2, -0.15) is 0 Å². The van der Waals surface area contributed by atoms with Crippen LogP contribution in [-0.4, -0.2) is 34.0 Å². The number of halogens is 1. The van der Waals surface area contributed by atoms with E-state index in [1.165, 1.54) is 0 Å². The maximum Gasteiger partial charge on any atom is 0.226 e. The number of benzene rings is 1. The van der Waals surface area contributed by atoms with E-state index >= 15 is 0 Å². The number of rotatable bonds is 3. The maximum absolute atomic E-state index is 12.1. The van der Waals surface area contributed by atoms with E-state index in [0.29, 0.717) is 36.2 Å². The van der Waals surface area contributed by atoms with Crippen molar-refractivity contribution in [1.82, 2.24) is 9.88 Å². The van der Waals surface area contributed by atoms with Crippen molar-refractivity contribution in [2.45, 2.75) is 13.0 Å². The van der Waals surface area contributed by atoms with Crippen molar-refractivity contribution in [3.63, 3.8) is 0 Å². The third-order valence-electron chi connectivity index (χ3n) is 3.81. The molecule has 1 aliphatic heterocycles. The van der Waals surface area contributed by atoms with E-state index in [9.17, 15) is 9.90 Å². The van der Waals surface area contributed by atoms with Gasteiger partial charge in [0.1, 0.15) is 6.61 Å². The molecule has 2 heterocycles. The number of hydrogen-bond donors (Lipinski definition) is 1. The van der Waals surface area contributed by atoms with Crippen molar-refractivity contribution >= 4 is 17.5 Å². The zero-order valence-electron chi connectivity index (χ0n) is 13.0. The molecule has 24 heavy (non-hydrogen) atoms. The molecule has 1 amide bonds. The number of phenolic OH excluding ortho intramolecular Hbond substituents is 1. The summed E-state index contributed by atoms with van der Waals surface area (Å²) in [6.45, 7) is 4.78. The molecular formula is C18H17ClN2O3. The van der Waals surface area contributed by atoms with Gasteiger partial charge in [-0.3, -0.25) is 9.78 Å². The number of nitrogens with zero attached hydrogens (tertiary/aromatic N) is 2. The van der Waals surface area contributed by atoms with Crippen LogP contribution >= 0.6 is 11.6 Å². The molecule has 0 spiro atoms. The Hall–Kier alpha value is -2.53. The second kappa shape index (κ2) is 6.93. The van der Waals surface area contributed by atoms with Crippen molar-refractivity contribution in [1.29, 1.82) is 0 Å². The third-order valence-corrected chi connectivity index (χ3v) is 4.03. The Morgan fingerprint density at radius 3 is 3.00 bits per heavy atom. The minimum absolute atomic E-state index is 0.0176. The Morgan fingerprint density at radius 2 is 2.29 bits per heavy atom. The first-order chi connectivity index (χ1) is 11.6. The van der Waals surface area contributed by atoms with Gasteiger partial charge in [0, 0.05) is 30.3 Å². The van der Waals surface area contributed by atoms with Crippen LogP contribution in [0.2, 0.25) is 5.02 Å². The van der Waals surface area contributed by atoms with E-state index in [0.717, 1.165) is 11.1 Å². The molecule has 0 aliphatic carbocycles. The van der Waals surface area contributed by atoms with Crippen LogP contribution in [0.15, 0.2) is 43.1 Å². The fourth-order valence-corrected chi connectivity index (χ4v) is 2.77. The highest BCUT2D eigenvalue weighted by molar-refractivity contribution is 6.30. The van der Waals surface area contributed by atoms with Gasteiger partial charge >= 0.3 is 0 Å². The number of aromatic hydroxyl groups is 1. The van der Waals surface area contributed by atoms with E-state index in [4.69, 9.17) is 16.3 Å². The molecule has 6 heteroatoms. The summed E-state index contributed by atoms with van der Waals surface area (Å²) in [5.41, 5.74) is 2.17. The summed E-state index contributed by atoms with van der Waals surface area (Å²) in [6.07, 6.45) is 3.41. The molecule has 0 saturated heterocycles. The van der Waals surface area contributed by atoms with Gasteiger partial charge in [-0.15, -0.1) is 6.58 Å². The van der Waals surface area contributed by atoms with E-state index in [2.05, 4.69) is 11.6 Å². The summed E-state index contributed by atoms with van der Waals surface area (Å²) in [5.74, 6) is 0.440. The van der Waals surface area contributed by atoms with Crippen LogP contribution in [0.4, 0.5) is 0 Å².